The van der Waals surface area contributed by atoms with Crippen molar-refractivity contribution in [3.8, 4) is 0 Å². The van der Waals surface area contributed by atoms with E-state index < -0.39 is 5.60 Å². The van der Waals surface area contributed by atoms with Crippen LogP contribution in [0.5, 0.6) is 0 Å². The highest BCUT2D eigenvalue weighted by Gasteiger charge is 2.21. The number of hydrogen-bond donors (Lipinski definition) is 1. The third-order valence-electron chi connectivity index (χ3n) is 2.53. The van der Waals surface area contributed by atoms with Gasteiger partial charge in [-0.25, -0.2) is 0 Å². The van der Waals surface area contributed by atoms with Crippen molar-refractivity contribution < 1.29 is 5.11 Å². The summed E-state index contributed by atoms with van der Waals surface area (Å²) in [4.78, 5) is 0. The molecule has 0 amide bonds. The van der Waals surface area contributed by atoms with E-state index in [1.165, 1.54) is 0 Å². The van der Waals surface area contributed by atoms with Gasteiger partial charge in [0.15, 0.2) is 0 Å². The molecule has 0 aliphatic heterocycles. The maximum atomic E-state index is 10.1. The summed E-state index contributed by atoms with van der Waals surface area (Å²) in [5, 5.41) is 10.9. The molecule has 0 spiro atoms. The predicted octanol–water partition coefficient (Wildman–Crippen LogP) is 3.66. The minimum atomic E-state index is -0.758. The molecule has 0 radical (unpaired) electrons. The largest absolute Gasteiger partial charge is 0.385 e. The summed E-state index contributed by atoms with van der Waals surface area (Å²) in [5.74, 6) is 0. The second kappa shape index (κ2) is 4.33. The lowest BCUT2D eigenvalue weighted by atomic mass is 9.91. The molecule has 1 aromatic carbocycles. The molecule has 14 heavy (non-hydrogen) atoms. The van der Waals surface area contributed by atoms with E-state index in [0.717, 1.165) is 29.0 Å². The Morgan fingerprint density at radius 2 is 2.07 bits per heavy atom. The highest BCUT2D eigenvalue weighted by Crippen LogP contribution is 2.29. The van der Waals surface area contributed by atoms with Gasteiger partial charge in [0.25, 0.3) is 0 Å². The monoisotopic (exact) mass is 212 g/mol. The van der Waals surface area contributed by atoms with E-state index in [0.29, 0.717) is 0 Å². The third kappa shape index (κ3) is 2.49. The lowest BCUT2D eigenvalue weighted by Gasteiger charge is -2.23. The van der Waals surface area contributed by atoms with Crippen LogP contribution in [0, 0.1) is 6.92 Å². The molecule has 1 N–H and O–H groups in total. The van der Waals surface area contributed by atoms with Crippen LogP contribution in [0.3, 0.4) is 0 Å². The fourth-order valence-electron chi connectivity index (χ4n) is 1.56. The lowest BCUT2D eigenvalue weighted by molar-refractivity contribution is 0.0470. The molecule has 1 atom stereocenters. The Morgan fingerprint density at radius 3 is 2.57 bits per heavy atom. The maximum absolute atomic E-state index is 10.1. The van der Waals surface area contributed by atoms with Gasteiger partial charge in [0, 0.05) is 5.02 Å². The van der Waals surface area contributed by atoms with E-state index >= 15 is 0 Å². The highest BCUT2D eigenvalue weighted by molar-refractivity contribution is 6.31. The summed E-state index contributed by atoms with van der Waals surface area (Å²) in [6, 6.07) is 5.74. The van der Waals surface area contributed by atoms with E-state index in [-0.39, 0.29) is 0 Å². The van der Waals surface area contributed by atoms with Gasteiger partial charge in [0.1, 0.15) is 0 Å². The van der Waals surface area contributed by atoms with Crippen molar-refractivity contribution in [1.29, 1.82) is 0 Å². The molecular weight excluding hydrogens is 196 g/mol. The zero-order valence-electron chi connectivity index (χ0n) is 8.97. The van der Waals surface area contributed by atoms with Gasteiger partial charge in [0.05, 0.1) is 5.60 Å². The van der Waals surface area contributed by atoms with E-state index in [1.807, 2.05) is 32.0 Å². The summed E-state index contributed by atoms with van der Waals surface area (Å²) >= 11 is 6.01. The van der Waals surface area contributed by atoms with Crippen molar-refractivity contribution in [3.63, 3.8) is 0 Å². The van der Waals surface area contributed by atoms with Crippen LogP contribution in [0.2, 0.25) is 5.02 Å². The van der Waals surface area contributed by atoms with Crippen LogP contribution in [0.1, 0.15) is 37.8 Å². The molecule has 1 aromatic rings. The van der Waals surface area contributed by atoms with Gasteiger partial charge in [-0.05, 0) is 37.5 Å². The minimum absolute atomic E-state index is 0.721. The molecule has 0 aliphatic carbocycles. The highest BCUT2D eigenvalue weighted by atomic mass is 35.5. The molecule has 0 saturated carbocycles. The summed E-state index contributed by atoms with van der Waals surface area (Å²) < 4.78 is 0. The SMILES string of the molecule is CCC[C@](C)(O)c1ccc(C)c(Cl)c1. The van der Waals surface area contributed by atoms with Gasteiger partial charge < -0.3 is 5.11 Å². The van der Waals surface area contributed by atoms with Crippen LogP contribution in [0.15, 0.2) is 18.2 Å². The Bertz CT molecular complexity index is 318. The Labute approximate surface area is 90.7 Å². The van der Waals surface area contributed by atoms with E-state index in [2.05, 4.69) is 6.92 Å². The lowest BCUT2D eigenvalue weighted by Crippen LogP contribution is -2.20. The minimum Gasteiger partial charge on any atom is -0.385 e. The average Bonchev–Trinajstić information content (AvgIpc) is 2.09. The average molecular weight is 213 g/mol. The predicted molar refractivity (Wildman–Crippen MR) is 60.7 cm³/mol. The fraction of sp³-hybridized carbons (Fsp3) is 0.500. The van der Waals surface area contributed by atoms with Gasteiger partial charge in [-0.15, -0.1) is 0 Å². The van der Waals surface area contributed by atoms with Crippen LogP contribution in [0.25, 0.3) is 0 Å². The summed E-state index contributed by atoms with van der Waals surface area (Å²) in [6.45, 7) is 5.85. The molecule has 0 unspecified atom stereocenters. The first kappa shape index (κ1) is 11.5. The Hall–Kier alpha value is -0.530. The van der Waals surface area contributed by atoms with Crippen molar-refractivity contribution >= 4 is 11.6 Å². The van der Waals surface area contributed by atoms with Crippen LogP contribution in [-0.4, -0.2) is 5.11 Å². The molecule has 1 rings (SSSR count). The van der Waals surface area contributed by atoms with Gasteiger partial charge in [-0.2, -0.15) is 0 Å². The van der Waals surface area contributed by atoms with Gasteiger partial charge in [-0.3, -0.25) is 0 Å². The number of aryl methyl sites for hydroxylation is 1. The van der Waals surface area contributed by atoms with E-state index in [1.54, 1.807) is 0 Å². The molecule has 0 fully saturated rings. The molecule has 2 heteroatoms. The van der Waals surface area contributed by atoms with Gasteiger partial charge in [0.2, 0.25) is 0 Å². The Balaban J connectivity index is 3.01. The molecule has 0 aliphatic rings. The topological polar surface area (TPSA) is 20.2 Å². The first-order valence-corrected chi connectivity index (χ1v) is 5.34. The molecule has 0 heterocycles. The second-order valence-electron chi connectivity index (χ2n) is 3.99. The second-order valence-corrected chi connectivity index (χ2v) is 4.40. The summed E-state index contributed by atoms with van der Waals surface area (Å²) in [6.07, 6.45) is 1.71. The Kier molecular flexibility index (Phi) is 3.57. The number of halogens is 1. The zero-order valence-corrected chi connectivity index (χ0v) is 9.73. The smallest absolute Gasteiger partial charge is 0.0869 e. The quantitative estimate of drug-likeness (QED) is 0.811. The maximum Gasteiger partial charge on any atom is 0.0869 e. The van der Waals surface area contributed by atoms with Crippen LogP contribution in [-0.2, 0) is 5.60 Å². The van der Waals surface area contributed by atoms with E-state index in [4.69, 9.17) is 11.6 Å². The molecule has 78 valence electrons. The van der Waals surface area contributed by atoms with Crippen molar-refractivity contribution in [2.24, 2.45) is 0 Å². The first-order valence-electron chi connectivity index (χ1n) is 4.96. The van der Waals surface area contributed by atoms with E-state index in [9.17, 15) is 5.11 Å². The van der Waals surface area contributed by atoms with Crippen LogP contribution in [0.4, 0.5) is 0 Å². The molecule has 1 nitrogen and oxygen atoms in total. The van der Waals surface area contributed by atoms with Crippen LogP contribution >= 0.6 is 11.6 Å². The van der Waals surface area contributed by atoms with Crippen molar-refractivity contribution in [3.05, 3.63) is 34.3 Å². The first-order chi connectivity index (χ1) is 6.47. The number of hydrogen-bond acceptors (Lipinski definition) is 1. The normalized spacial score (nSPS) is 15.2. The van der Waals surface area contributed by atoms with Gasteiger partial charge >= 0.3 is 0 Å². The molecule has 0 aromatic heterocycles. The summed E-state index contributed by atoms with van der Waals surface area (Å²) in [5.41, 5.74) is 1.18. The summed E-state index contributed by atoms with van der Waals surface area (Å²) in [7, 11) is 0. The Morgan fingerprint density at radius 1 is 1.43 bits per heavy atom. The number of aliphatic hydroxyl groups is 1. The van der Waals surface area contributed by atoms with Gasteiger partial charge in [-0.1, -0.05) is 37.1 Å². The number of benzene rings is 1. The van der Waals surface area contributed by atoms with Crippen molar-refractivity contribution in [1.82, 2.24) is 0 Å². The standard InChI is InChI=1S/C12H17ClO/c1-4-7-12(3,14)10-6-5-9(2)11(13)8-10/h5-6,8,14H,4,7H2,1-3H3/t12-/m0/s1. The zero-order chi connectivity index (χ0) is 10.8. The third-order valence-corrected chi connectivity index (χ3v) is 2.94. The number of rotatable bonds is 3. The molecular formula is C12H17ClO. The van der Waals surface area contributed by atoms with Crippen LogP contribution < -0.4 is 0 Å². The van der Waals surface area contributed by atoms with Crippen molar-refractivity contribution in [2.45, 2.75) is 39.2 Å². The molecule has 0 saturated heterocycles. The van der Waals surface area contributed by atoms with Crippen molar-refractivity contribution in [2.75, 3.05) is 0 Å². The molecule has 0 bridgehead atoms. The fourth-order valence-corrected chi connectivity index (χ4v) is 1.74.